The Balaban J connectivity index is 2.88. The molecule has 0 amide bonds. The van der Waals surface area contributed by atoms with E-state index in [2.05, 4.69) is 37.4 Å². The molecule has 0 aliphatic rings. The van der Waals surface area contributed by atoms with Crippen LogP contribution in [0.1, 0.15) is 0 Å². The molecule has 0 aliphatic carbocycles. The van der Waals surface area contributed by atoms with Crippen molar-refractivity contribution in [1.82, 2.24) is 9.97 Å². The number of nitrogens with zero attached hydrogens (tertiary/aromatic N) is 2. The minimum absolute atomic E-state index is 0.567. The van der Waals surface area contributed by atoms with Crippen LogP contribution in [0.5, 0.6) is 0 Å². The fourth-order valence-electron chi connectivity index (χ4n) is 0.361. The third-order valence-electron chi connectivity index (χ3n) is 0.717. The van der Waals surface area contributed by atoms with Crippen LogP contribution in [0.3, 0.4) is 0 Å². The fourth-order valence-corrected chi connectivity index (χ4v) is 0.737. The number of nitrogens with one attached hydrogen (secondary N) is 1. The number of hydrogen-bond donors (Lipinski definition) is 1. The summed E-state index contributed by atoms with van der Waals surface area (Å²) in [7, 11) is 0. The molecule has 0 atom stereocenters. The number of rotatable bonds is 1. The minimum atomic E-state index is 0.567. The average molecular weight is 255 g/mol. The Hall–Kier alpha value is -0.100. The first-order valence-corrected chi connectivity index (χ1v) is 3.63. The molecule has 3 nitrogen and oxygen atoms in total. The van der Waals surface area contributed by atoms with E-state index in [4.69, 9.17) is 11.8 Å². The third-order valence-corrected chi connectivity index (χ3v) is 1.47. The Morgan fingerprint density at radius 1 is 1.44 bits per heavy atom. The van der Waals surface area contributed by atoms with Crippen molar-refractivity contribution in [3.63, 3.8) is 0 Å². The van der Waals surface area contributed by atoms with Gasteiger partial charge in [-0.1, -0.05) is 0 Å². The zero-order valence-corrected chi connectivity index (χ0v) is 7.22. The highest BCUT2D eigenvalue weighted by Crippen LogP contribution is 2.02. The molecular formula is C4H3ClIN3. The topological polar surface area (TPSA) is 37.8 Å². The van der Waals surface area contributed by atoms with Gasteiger partial charge in [0, 0.05) is 11.8 Å². The van der Waals surface area contributed by atoms with E-state index in [1.54, 1.807) is 12.4 Å². The van der Waals surface area contributed by atoms with Crippen LogP contribution in [0, 0.1) is 3.70 Å². The van der Waals surface area contributed by atoms with Crippen molar-refractivity contribution in [2.24, 2.45) is 0 Å². The SMILES string of the molecule is ClNc1cnc(I)cn1. The van der Waals surface area contributed by atoms with Gasteiger partial charge in [0.1, 0.15) is 3.70 Å². The molecule has 0 saturated carbocycles. The molecule has 0 saturated heterocycles. The number of aromatic nitrogens is 2. The molecule has 0 aliphatic heterocycles. The maximum Gasteiger partial charge on any atom is 0.159 e. The van der Waals surface area contributed by atoms with Crippen molar-refractivity contribution in [2.45, 2.75) is 0 Å². The molecule has 48 valence electrons. The van der Waals surface area contributed by atoms with Gasteiger partial charge in [0.15, 0.2) is 5.82 Å². The van der Waals surface area contributed by atoms with Crippen molar-refractivity contribution in [2.75, 3.05) is 4.84 Å². The Bertz CT molecular complexity index is 188. The summed E-state index contributed by atoms with van der Waals surface area (Å²) < 4.78 is 0.850. The molecule has 0 bridgehead atoms. The van der Waals surface area contributed by atoms with Gasteiger partial charge in [-0.3, -0.25) is 4.84 Å². The van der Waals surface area contributed by atoms with E-state index in [0.717, 1.165) is 3.70 Å². The van der Waals surface area contributed by atoms with Crippen LogP contribution < -0.4 is 4.84 Å². The van der Waals surface area contributed by atoms with Gasteiger partial charge in [-0.2, -0.15) is 0 Å². The van der Waals surface area contributed by atoms with Crippen molar-refractivity contribution >= 4 is 40.2 Å². The van der Waals surface area contributed by atoms with Crippen LogP contribution in [0.2, 0.25) is 0 Å². The van der Waals surface area contributed by atoms with Crippen LogP contribution in [0.25, 0.3) is 0 Å². The lowest BCUT2D eigenvalue weighted by Gasteiger charge is -1.92. The molecule has 1 rings (SSSR count). The first-order valence-electron chi connectivity index (χ1n) is 2.17. The smallest absolute Gasteiger partial charge is 0.159 e. The Morgan fingerprint density at radius 3 is 2.67 bits per heavy atom. The molecule has 9 heavy (non-hydrogen) atoms. The summed E-state index contributed by atoms with van der Waals surface area (Å²) in [6.07, 6.45) is 3.19. The Morgan fingerprint density at radius 2 is 2.22 bits per heavy atom. The van der Waals surface area contributed by atoms with Crippen LogP contribution in [0.4, 0.5) is 5.82 Å². The zero-order chi connectivity index (χ0) is 6.69. The molecule has 0 radical (unpaired) electrons. The molecule has 0 spiro atoms. The molecule has 1 heterocycles. The van der Waals surface area contributed by atoms with Gasteiger partial charge in [0.25, 0.3) is 0 Å². The zero-order valence-electron chi connectivity index (χ0n) is 4.31. The maximum atomic E-state index is 5.22. The number of halogens is 2. The summed E-state index contributed by atoms with van der Waals surface area (Å²) in [4.78, 5) is 10.2. The Kier molecular flexibility index (Phi) is 2.47. The Labute approximate surface area is 71.1 Å². The summed E-state index contributed by atoms with van der Waals surface area (Å²) in [6.45, 7) is 0. The van der Waals surface area contributed by atoms with Crippen molar-refractivity contribution < 1.29 is 0 Å². The first kappa shape index (κ1) is 7.01. The highest BCUT2D eigenvalue weighted by Gasteiger charge is 1.89. The molecule has 0 aromatic carbocycles. The summed E-state index contributed by atoms with van der Waals surface area (Å²) in [5, 5.41) is 0. The van der Waals surface area contributed by atoms with E-state index in [0.29, 0.717) is 5.82 Å². The van der Waals surface area contributed by atoms with Crippen LogP contribution in [0.15, 0.2) is 12.4 Å². The summed E-state index contributed by atoms with van der Waals surface area (Å²) in [6, 6.07) is 0. The molecule has 1 aromatic rings. The number of hydrogen-bond acceptors (Lipinski definition) is 3. The van der Waals surface area contributed by atoms with Crippen LogP contribution in [-0.4, -0.2) is 9.97 Å². The average Bonchev–Trinajstić information content (AvgIpc) is 1.90. The largest absolute Gasteiger partial charge is 0.281 e. The lowest BCUT2D eigenvalue weighted by atomic mass is 10.7. The van der Waals surface area contributed by atoms with E-state index < -0.39 is 0 Å². The number of anilines is 1. The van der Waals surface area contributed by atoms with Crippen molar-refractivity contribution in [3.05, 3.63) is 16.1 Å². The van der Waals surface area contributed by atoms with Gasteiger partial charge in [-0.25, -0.2) is 9.97 Å². The second-order valence-electron chi connectivity index (χ2n) is 1.32. The van der Waals surface area contributed by atoms with Gasteiger partial charge >= 0.3 is 0 Å². The molecule has 0 unspecified atom stereocenters. The van der Waals surface area contributed by atoms with E-state index in [9.17, 15) is 0 Å². The standard InChI is InChI=1S/C4H3ClIN3/c5-9-4-2-7-3(6)1-8-4/h1-2H,(H,8,9). The van der Waals surface area contributed by atoms with E-state index in [-0.39, 0.29) is 0 Å². The quantitative estimate of drug-likeness (QED) is 0.612. The van der Waals surface area contributed by atoms with Gasteiger partial charge < -0.3 is 0 Å². The normalized spacial score (nSPS) is 9.11. The summed E-state index contributed by atoms with van der Waals surface area (Å²) >= 11 is 7.29. The molecule has 5 heteroatoms. The van der Waals surface area contributed by atoms with Crippen LogP contribution in [-0.2, 0) is 0 Å². The lowest BCUT2D eigenvalue weighted by molar-refractivity contribution is 1.17. The predicted octanol–water partition coefficient (Wildman–Crippen LogP) is 1.65. The molecule has 1 N–H and O–H groups in total. The van der Waals surface area contributed by atoms with Gasteiger partial charge in [0.2, 0.25) is 0 Å². The van der Waals surface area contributed by atoms with Crippen molar-refractivity contribution in [1.29, 1.82) is 0 Å². The van der Waals surface area contributed by atoms with E-state index >= 15 is 0 Å². The monoisotopic (exact) mass is 255 g/mol. The minimum Gasteiger partial charge on any atom is -0.281 e. The summed E-state index contributed by atoms with van der Waals surface area (Å²) in [5.41, 5.74) is 0. The third kappa shape index (κ3) is 1.94. The van der Waals surface area contributed by atoms with Gasteiger partial charge in [0.05, 0.1) is 12.4 Å². The fraction of sp³-hybridized carbons (Fsp3) is 0. The van der Waals surface area contributed by atoms with Gasteiger partial charge in [-0.05, 0) is 22.6 Å². The van der Waals surface area contributed by atoms with E-state index in [1.807, 2.05) is 0 Å². The van der Waals surface area contributed by atoms with Gasteiger partial charge in [-0.15, -0.1) is 0 Å². The summed E-state index contributed by atoms with van der Waals surface area (Å²) in [5.74, 6) is 0.567. The highest BCUT2D eigenvalue weighted by molar-refractivity contribution is 14.1. The van der Waals surface area contributed by atoms with E-state index in [1.165, 1.54) is 0 Å². The second kappa shape index (κ2) is 3.17. The maximum absolute atomic E-state index is 5.22. The molecule has 1 aromatic heterocycles. The highest BCUT2D eigenvalue weighted by atomic mass is 127. The first-order chi connectivity index (χ1) is 4.33. The molecule has 0 fully saturated rings. The van der Waals surface area contributed by atoms with Crippen molar-refractivity contribution in [3.8, 4) is 0 Å². The van der Waals surface area contributed by atoms with Crippen LogP contribution >= 0.6 is 34.4 Å². The predicted molar refractivity (Wildman–Crippen MR) is 44.2 cm³/mol. The lowest BCUT2D eigenvalue weighted by Crippen LogP contribution is -1.88. The second-order valence-corrected chi connectivity index (χ2v) is 2.61. The molecular weight excluding hydrogens is 252 g/mol.